The van der Waals surface area contributed by atoms with Crippen LogP contribution >= 0.6 is 11.6 Å². The third-order valence-corrected chi connectivity index (χ3v) is 5.34. The maximum atomic E-state index is 13.4. The Kier molecular flexibility index (Phi) is 4.31. The van der Waals surface area contributed by atoms with Gasteiger partial charge in [-0.1, -0.05) is 11.6 Å². The van der Waals surface area contributed by atoms with Crippen molar-refractivity contribution in [2.24, 2.45) is 7.05 Å². The lowest BCUT2D eigenvalue weighted by molar-refractivity contribution is 0.447. The van der Waals surface area contributed by atoms with Gasteiger partial charge in [-0.25, -0.2) is 17.8 Å². The van der Waals surface area contributed by atoms with Crippen LogP contribution in [0.3, 0.4) is 0 Å². The molecule has 0 saturated carbocycles. The van der Waals surface area contributed by atoms with Crippen molar-refractivity contribution < 1.29 is 12.8 Å². The van der Waals surface area contributed by atoms with Gasteiger partial charge >= 0.3 is 0 Å². The Hall–Kier alpha value is -1.51. The van der Waals surface area contributed by atoms with Crippen LogP contribution in [-0.4, -0.2) is 34.5 Å². The van der Waals surface area contributed by atoms with Crippen molar-refractivity contribution in [2.75, 3.05) is 7.05 Å². The van der Waals surface area contributed by atoms with Gasteiger partial charge in [-0.3, -0.25) is 4.68 Å². The van der Waals surface area contributed by atoms with Crippen LogP contribution in [0.15, 0.2) is 23.4 Å². The Morgan fingerprint density at radius 2 is 2.10 bits per heavy atom. The van der Waals surface area contributed by atoms with E-state index < -0.39 is 15.8 Å². The molecule has 1 aromatic carbocycles. The van der Waals surface area contributed by atoms with Crippen LogP contribution in [0.1, 0.15) is 11.4 Å². The van der Waals surface area contributed by atoms with Gasteiger partial charge in [-0.2, -0.15) is 9.40 Å². The van der Waals surface area contributed by atoms with Gasteiger partial charge in [-0.05, 0) is 24.6 Å². The van der Waals surface area contributed by atoms with Gasteiger partial charge in [0.2, 0.25) is 10.0 Å². The smallest absolute Gasteiger partial charge is 0.244 e. The van der Waals surface area contributed by atoms with Crippen LogP contribution in [-0.2, 0) is 23.6 Å². The van der Waals surface area contributed by atoms with Crippen molar-refractivity contribution in [2.45, 2.75) is 18.4 Å². The number of aromatic nitrogens is 3. The lowest BCUT2D eigenvalue weighted by atomic mass is 10.2. The van der Waals surface area contributed by atoms with E-state index in [1.807, 2.05) is 0 Å². The summed E-state index contributed by atoms with van der Waals surface area (Å²) < 4.78 is 41.0. The molecule has 0 aliphatic rings. The fourth-order valence-electron chi connectivity index (χ4n) is 1.74. The van der Waals surface area contributed by atoms with Crippen molar-refractivity contribution in [3.63, 3.8) is 0 Å². The van der Waals surface area contributed by atoms with Crippen molar-refractivity contribution >= 4 is 21.6 Å². The van der Waals surface area contributed by atoms with Crippen molar-refractivity contribution in [1.82, 2.24) is 19.1 Å². The van der Waals surface area contributed by atoms with E-state index in [9.17, 15) is 12.8 Å². The van der Waals surface area contributed by atoms with E-state index in [1.165, 1.54) is 31.0 Å². The van der Waals surface area contributed by atoms with E-state index in [1.54, 1.807) is 7.05 Å². The molecule has 9 heteroatoms. The van der Waals surface area contributed by atoms with E-state index in [2.05, 4.69) is 10.1 Å². The molecule has 2 rings (SSSR count). The summed E-state index contributed by atoms with van der Waals surface area (Å²) in [4.78, 5) is 3.84. The lowest BCUT2D eigenvalue weighted by Gasteiger charge is -2.18. The minimum atomic E-state index is -3.85. The van der Waals surface area contributed by atoms with E-state index in [4.69, 9.17) is 11.6 Å². The maximum Gasteiger partial charge on any atom is 0.244 e. The second kappa shape index (κ2) is 5.70. The van der Waals surface area contributed by atoms with Crippen LogP contribution in [0.5, 0.6) is 0 Å². The predicted molar refractivity (Wildman–Crippen MR) is 75.8 cm³/mol. The fraction of sp³-hybridized carbons (Fsp3) is 0.333. The van der Waals surface area contributed by atoms with Gasteiger partial charge in [0.15, 0.2) is 0 Å². The van der Waals surface area contributed by atoms with Crippen LogP contribution in [0, 0.1) is 12.7 Å². The van der Waals surface area contributed by atoms with Crippen molar-refractivity contribution in [3.8, 4) is 0 Å². The maximum absolute atomic E-state index is 13.4. The average Bonchev–Trinajstić information content (AvgIpc) is 2.79. The summed E-state index contributed by atoms with van der Waals surface area (Å²) >= 11 is 5.86. The highest BCUT2D eigenvalue weighted by molar-refractivity contribution is 7.89. The molecule has 1 aromatic heterocycles. The first kappa shape index (κ1) is 15.9. The molecular formula is C12H14ClFN4O2S. The Balaban J connectivity index is 2.38. The van der Waals surface area contributed by atoms with Crippen LogP contribution < -0.4 is 0 Å². The summed E-state index contributed by atoms with van der Waals surface area (Å²) in [6.07, 6.45) is 1.34. The van der Waals surface area contributed by atoms with Crippen LogP contribution in [0.2, 0.25) is 5.02 Å². The number of hydrogen-bond acceptors (Lipinski definition) is 4. The standard InChI is InChI=1S/C12H14ClFN4O2S/c1-8-4-11(9(13)5-10(8)14)21(19,20)17(2)6-12-15-7-16-18(12)3/h4-5,7H,6H2,1-3H3. The number of rotatable bonds is 4. The van der Waals surface area contributed by atoms with Gasteiger partial charge in [0.05, 0.1) is 11.6 Å². The molecule has 0 amide bonds. The van der Waals surface area contributed by atoms with Gasteiger partial charge in [0, 0.05) is 14.1 Å². The summed E-state index contributed by atoms with van der Waals surface area (Å²) in [5.41, 5.74) is 0.213. The monoisotopic (exact) mass is 332 g/mol. The summed E-state index contributed by atoms with van der Waals surface area (Å²) in [7, 11) is -0.782. The Bertz CT molecular complexity index is 776. The Morgan fingerprint density at radius 1 is 1.43 bits per heavy atom. The SMILES string of the molecule is Cc1cc(S(=O)(=O)N(C)Cc2ncnn2C)c(Cl)cc1F. The molecule has 114 valence electrons. The molecule has 0 N–H and O–H groups in total. The highest BCUT2D eigenvalue weighted by Gasteiger charge is 2.26. The Morgan fingerprint density at radius 3 is 2.67 bits per heavy atom. The van der Waals surface area contributed by atoms with Gasteiger partial charge in [-0.15, -0.1) is 0 Å². The van der Waals surface area contributed by atoms with Gasteiger partial charge in [0.1, 0.15) is 22.9 Å². The third-order valence-electron chi connectivity index (χ3n) is 3.07. The number of halogens is 2. The number of benzene rings is 1. The molecule has 2 aromatic rings. The molecule has 6 nitrogen and oxygen atoms in total. The zero-order valence-electron chi connectivity index (χ0n) is 11.7. The van der Waals surface area contributed by atoms with Crippen molar-refractivity contribution in [1.29, 1.82) is 0 Å². The fourth-order valence-corrected chi connectivity index (χ4v) is 3.44. The molecule has 0 unspecified atom stereocenters. The number of hydrogen-bond donors (Lipinski definition) is 0. The van der Waals surface area contributed by atoms with Crippen LogP contribution in [0.4, 0.5) is 4.39 Å². The molecular weight excluding hydrogens is 319 g/mol. The summed E-state index contributed by atoms with van der Waals surface area (Å²) in [5, 5.41) is 3.73. The molecule has 1 heterocycles. The molecule has 0 saturated heterocycles. The predicted octanol–water partition coefficient (Wildman–Crippen LogP) is 1.74. The molecule has 0 fully saturated rings. The van der Waals surface area contributed by atoms with Gasteiger partial charge < -0.3 is 0 Å². The molecule has 0 spiro atoms. The highest BCUT2D eigenvalue weighted by Crippen LogP contribution is 2.27. The number of nitrogens with zero attached hydrogens (tertiary/aromatic N) is 4. The van der Waals surface area contributed by atoms with Crippen LogP contribution in [0.25, 0.3) is 0 Å². The van der Waals surface area contributed by atoms with E-state index >= 15 is 0 Å². The van der Waals surface area contributed by atoms with E-state index in [-0.39, 0.29) is 22.0 Å². The topological polar surface area (TPSA) is 68.1 Å². The molecule has 21 heavy (non-hydrogen) atoms. The first-order valence-electron chi connectivity index (χ1n) is 5.98. The molecule has 0 aliphatic carbocycles. The molecule has 0 bridgehead atoms. The number of sulfonamides is 1. The highest BCUT2D eigenvalue weighted by atomic mass is 35.5. The van der Waals surface area contributed by atoms with Gasteiger partial charge in [0.25, 0.3) is 0 Å². The summed E-state index contributed by atoms with van der Waals surface area (Å²) in [6, 6.07) is 2.22. The van der Waals surface area contributed by atoms with Crippen molar-refractivity contribution in [3.05, 3.63) is 40.7 Å². The Labute approximate surface area is 127 Å². The first-order valence-corrected chi connectivity index (χ1v) is 7.80. The summed E-state index contributed by atoms with van der Waals surface area (Å²) in [5.74, 6) is -0.0639. The largest absolute Gasteiger partial charge is 0.252 e. The summed E-state index contributed by atoms with van der Waals surface area (Å²) in [6.45, 7) is 1.51. The minimum absolute atomic E-state index is 0.0333. The third kappa shape index (κ3) is 3.07. The van der Waals surface area contributed by atoms with E-state index in [0.717, 1.165) is 10.4 Å². The average molecular weight is 333 g/mol. The first-order chi connectivity index (χ1) is 9.73. The second-order valence-electron chi connectivity index (χ2n) is 4.59. The number of aryl methyl sites for hydroxylation is 2. The molecule has 0 atom stereocenters. The zero-order chi connectivity index (χ0) is 15.8. The second-order valence-corrected chi connectivity index (χ2v) is 7.01. The molecule has 0 aliphatic heterocycles. The lowest BCUT2D eigenvalue weighted by Crippen LogP contribution is -2.28. The quantitative estimate of drug-likeness (QED) is 0.855. The molecule has 0 radical (unpaired) electrons. The normalized spacial score (nSPS) is 12.1. The minimum Gasteiger partial charge on any atom is -0.252 e. The van der Waals surface area contributed by atoms with E-state index in [0.29, 0.717) is 5.82 Å². The zero-order valence-corrected chi connectivity index (χ0v) is 13.3.